The van der Waals surface area contributed by atoms with E-state index in [1.165, 1.54) is 22.7 Å². The molecule has 0 aromatic heterocycles. The molecule has 170 valence electrons. The number of nitrogens with one attached hydrogen (secondary N) is 1. The van der Waals surface area contributed by atoms with Crippen LogP contribution in [0.5, 0.6) is 0 Å². The molecule has 2 amide bonds. The van der Waals surface area contributed by atoms with Crippen LogP contribution < -0.4 is 10.2 Å². The fraction of sp³-hybridized carbons (Fsp3) is 0.115. The second kappa shape index (κ2) is 10.4. The highest BCUT2D eigenvalue weighted by Crippen LogP contribution is 2.42. The Bertz CT molecular complexity index is 1320. The molecule has 0 bridgehead atoms. The summed E-state index contributed by atoms with van der Waals surface area (Å²) < 4.78 is 0. The Morgan fingerprint density at radius 1 is 1.09 bits per heavy atom. The van der Waals surface area contributed by atoms with Crippen LogP contribution in [0, 0.1) is 18.3 Å². The highest BCUT2D eigenvalue weighted by atomic mass is 35.5. The van der Waals surface area contributed by atoms with Gasteiger partial charge < -0.3 is 5.32 Å². The van der Waals surface area contributed by atoms with Gasteiger partial charge in [0.15, 0.2) is 0 Å². The second-order valence-electron chi connectivity index (χ2n) is 7.68. The van der Waals surface area contributed by atoms with Crippen LogP contribution in [-0.2, 0) is 16.0 Å². The maximum Gasteiger partial charge on any atom is 0.269 e. The van der Waals surface area contributed by atoms with Crippen molar-refractivity contribution >= 4 is 58.2 Å². The Labute approximate surface area is 212 Å². The minimum Gasteiger partial charge on any atom is -0.320 e. The number of nitrogens with zero attached hydrogens (tertiary/aromatic N) is 2. The van der Waals surface area contributed by atoms with Crippen molar-refractivity contribution in [3.63, 3.8) is 0 Å². The lowest BCUT2D eigenvalue weighted by atomic mass is 10.1. The van der Waals surface area contributed by atoms with E-state index in [9.17, 15) is 14.9 Å². The Morgan fingerprint density at radius 2 is 1.79 bits per heavy atom. The van der Waals surface area contributed by atoms with Crippen molar-refractivity contribution in [2.45, 2.75) is 18.6 Å². The zero-order valence-corrected chi connectivity index (χ0v) is 20.4. The minimum atomic E-state index is -0.654. The molecule has 0 radical (unpaired) electrons. The predicted octanol–water partition coefficient (Wildman–Crippen LogP) is 6.37. The molecule has 1 heterocycles. The van der Waals surface area contributed by atoms with Gasteiger partial charge in [-0.15, -0.1) is 0 Å². The van der Waals surface area contributed by atoms with Crippen LogP contribution in [0.4, 0.5) is 11.4 Å². The third kappa shape index (κ3) is 5.13. The number of hydrogen-bond acceptors (Lipinski definition) is 4. The lowest BCUT2D eigenvalue weighted by molar-refractivity contribution is -0.117. The first kappa shape index (κ1) is 23.9. The number of carbonyl (C=O) groups is 2. The number of benzene rings is 3. The van der Waals surface area contributed by atoms with Crippen LogP contribution in [0.25, 0.3) is 0 Å². The maximum absolute atomic E-state index is 13.5. The summed E-state index contributed by atoms with van der Waals surface area (Å²) in [5, 5.41) is 13.1. The number of hydrogen-bond donors (Lipinski definition) is 1. The van der Waals surface area contributed by atoms with Gasteiger partial charge in [0.25, 0.3) is 5.91 Å². The van der Waals surface area contributed by atoms with E-state index in [0.29, 0.717) is 27.8 Å². The SMILES string of the molecule is Cc1ccc(CC2SC(=C(C#N)C(=O)Nc3ccc(Cl)cc3Cl)N(c3ccccc3)C2=O)cc1. The van der Waals surface area contributed by atoms with E-state index < -0.39 is 11.2 Å². The summed E-state index contributed by atoms with van der Waals surface area (Å²) in [5.74, 6) is -0.837. The topological polar surface area (TPSA) is 73.2 Å². The van der Waals surface area contributed by atoms with E-state index >= 15 is 0 Å². The quantitative estimate of drug-likeness (QED) is 0.321. The first-order valence-corrected chi connectivity index (χ1v) is 12.0. The summed E-state index contributed by atoms with van der Waals surface area (Å²) >= 11 is 13.3. The van der Waals surface area contributed by atoms with Crippen molar-refractivity contribution in [2.75, 3.05) is 10.2 Å². The van der Waals surface area contributed by atoms with Gasteiger partial charge in [0, 0.05) is 10.7 Å². The van der Waals surface area contributed by atoms with Gasteiger partial charge in [0.1, 0.15) is 16.7 Å². The summed E-state index contributed by atoms with van der Waals surface area (Å²) in [6, 6.07) is 23.6. The number of anilines is 2. The largest absolute Gasteiger partial charge is 0.320 e. The average molecular weight is 508 g/mol. The third-order valence-electron chi connectivity index (χ3n) is 5.24. The van der Waals surface area contributed by atoms with Crippen LogP contribution in [0.15, 0.2) is 83.4 Å². The average Bonchev–Trinajstić information content (AvgIpc) is 3.13. The van der Waals surface area contributed by atoms with Gasteiger partial charge in [-0.1, -0.05) is 83.0 Å². The summed E-state index contributed by atoms with van der Waals surface area (Å²) in [4.78, 5) is 28.0. The van der Waals surface area contributed by atoms with Crippen LogP contribution in [0.3, 0.4) is 0 Å². The molecule has 1 fully saturated rings. The van der Waals surface area contributed by atoms with E-state index in [1.807, 2.05) is 43.3 Å². The fourth-order valence-corrected chi connectivity index (χ4v) is 5.28. The summed E-state index contributed by atoms with van der Waals surface area (Å²) in [6.45, 7) is 2.00. The van der Waals surface area contributed by atoms with Crippen LogP contribution in [0.1, 0.15) is 11.1 Å². The van der Waals surface area contributed by atoms with Crippen molar-refractivity contribution in [3.05, 3.63) is 105 Å². The van der Waals surface area contributed by atoms with Crippen LogP contribution >= 0.6 is 35.0 Å². The zero-order valence-electron chi connectivity index (χ0n) is 18.1. The molecule has 1 saturated heterocycles. The predicted molar refractivity (Wildman–Crippen MR) is 138 cm³/mol. The van der Waals surface area contributed by atoms with Crippen LogP contribution in [0.2, 0.25) is 10.0 Å². The smallest absolute Gasteiger partial charge is 0.269 e. The number of thioether (sulfide) groups is 1. The van der Waals surface area contributed by atoms with Crippen molar-refractivity contribution < 1.29 is 9.59 Å². The third-order valence-corrected chi connectivity index (χ3v) is 7.05. The molecular weight excluding hydrogens is 489 g/mol. The highest BCUT2D eigenvalue weighted by Gasteiger charge is 2.40. The molecule has 1 unspecified atom stereocenters. The van der Waals surface area contributed by atoms with Gasteiger partial charge in [0.2, 0.25) is 5.91 Å². The van der Waals surface area contributed by atoms with E-state index in [4.69, 9.17) is 23.2 Å². The number of halogens is 2. The van der Waals surface area contributed by atoms with E-state index in [1.54, 1.807) is 36.4 Å². The Morgan fingerprint density at radius 3 is 2.44 bits per heavy atom. The number of aryl methyl sites for hydroxylation is 1. The number of amides is 2. The molecule has 1 N–H and O–H groups in total. The van der Waals surface area contributed by atoms with Gasteiger partial charge in [-0.05, 0) is 49.2 Å². The van der Waals surface area contributed by atoms with Crippen molar-refractivity contribution in [1.29, 1.82) is 5.26 Å². The molecule has 0 saturated carbocycles. The number of carbonyl (C=O) groups excluding carboxylic acids is 2. The molecule has 0 aliphatic carbocycles. The number of para-hydroxylation sites is 1. The van der Waals surface area contributed by atoms with E-state index in [0.717, 1.165) is 11.1 Å². The molecule has 0 spiro atoms. The normalized spacial score (nSPS) is 16.8. The molecule has 3 aromatic carbocycles. The number of rotatable bonds is 5. The fourth-order valence-electron chi connectivity index (χ4n) is 3.51. The molecule has 5 nitrogen and oxygen atoms in total. The Hall–Kier alpha value is -3.24. The lowest BCUT2D eigenvalue weighted by Gasteiger charge is -2.18. The van der Waals surface area contributed by atoms with Gasteiger partial charge in [-0.3, -0.25) is 14.5 Å². The molecule has 4 rings (SSSR count). The van der Waals surface area contributed by atoms with Gasteiger partial charge in [-0.25, -0.2) is 0 Å². The minimum absolute atomic E-state index is 0.167. The molecule has 1 aliphatic heterocycles. The standard InChI is InChI=1S/C26H19Cl2N3O2S/c1-16-7-9-17(10-8-16)13-23-25(33)31(19-5-3-2-4-6-19)26(34-23)20(15-29)24(32)30-22-12-11-18(27)14-21(22)28/h2-12,14,23H,13H2,1H3,(H,30,32). The van der Waals surface area contributed by atoms with Gasteiger partial charge in [0.05, 0.1) is 16.0 Å². The zero-order chi connectivity index (χ0) is 24.2. The lowest BCUT2D eigenvalue weighted by Crippen LogP contribution is -2.30. The van der Waals surface area contributed by atoms with E-state index in [-0.39, 0.29) is 16.5 Å². The van der Waals surface area contributed by atoms with Crippen molar-refractivity contribution in [2.24, 2.45) is 0 Å². The van der Waals surface area contributed by atoms with Gasteiger partial charge in [-0.2, -0.15) is 5.26 Å². The monoisotopic (exact) mass is 507 g/mol. The van der Waals surface area contributed by atoms with Gasteiger partial charge >= 0.3 is 0 Å². The van der Waals surface area contributed by atoms with Crippen molar-refractivity contribution in [3.8, 4) is 6.07 Å². The molecule has 3 aromatic rings. The summed E-state index contributed by atoms with van der Waals surface area (Å²) in [7, 11) is 0. The first-order chi connectivity index (χ1) is 16.4. The molecule has 1 aliphatic rings. The molecule has 1 atom stereocenters. The molecule has 8 heteroatoms. The Balaban J connectivity index is 1.71. The summed E-state index contributed by atoms with van der Waals surface area (Å²) in [5.41, 5.74) is 2.87. The van der Waals surface area contributed by atoms with Crippen LogP contribution in [-0.4, -0.2) is 17.1 Å². The number of nitriles is 1. The first-order valence-electron chi connectivity index (χ1n) is 10.4. The molecular formula is C26H19Cl2N3O2S. The Kier molecular flexibility index (Phi) is 7.28. The van der Waals surface area contributed by atoms with E-state index in [2.05, 4.69) is 5.32 Å². The summed E-state index contributed by atoms with van der Waals surface area (Å²) in [6.07, 6.45) is 0.472. The molecule has 34 heavy (non-hydrogen) atoms. The maximum atomic E-state index is 13.5. The highest BCUT2D eigenvalue weighted by molar-refractivity contribution is 8.05. The second-order valence-corrected chi connectivity index (χ2v) is 9.71. The van der Waals surface area contributed by atoms with Crippen molar-refractivity contribution in [1.82, 2.24) is 0 Å².